The Morgan fingerprint density at radius 3 is 2.43 bits per heavy atom. The summed E-state index contributed by atoms with van der Waals surface area (Å²) in [6, 6.07) is 20.1. The van der Waals surface area contributed by atoms with E-state index in [1.54, 1.807) is 19.2 Å². The molecule has 4 aromatic rings. The lowest BCUT2D eigenvalue weighted by atomic mass is 9.93. The van der Waals surface area contributed by atoms with Crippen LogP contribution in [0.5, 0.6) is 17.2 Å². The summed E-state index contributed by atoms with van der Waals surface area (Å²) in [6.07, 6.45) is 4.73. The quantitative estimate of drug-likeness (QED) is 0.107. The van der Waals surface area contributed by atoms with Gasteiger partial charge < -0.3 is 39.7 Å². The van der Waals surface area contributed by atoms with Crippen LogP contribution in [0.25, 0.3) is 11.1 Å². The molecule has 1 atom stereocenters. The Morgan fingerprint density at radius 2 is 1.71 bits per heavy atom. The van der Waals surface area contributed by atoms with Crippen molar-refractivity contribution in [3.8, 4) is 34.4 Å². The van der Waals surface area contributed by atoms with Crippen LogP contribution in [0.1, 0.15) is 58.7 Å². The zero-order valence-corrected chi connectivity index (χ0v) is 30.1. The molecule has 1 unspecified atom stereocenters. The van der Waals surface area contributed by atoms with E-state index in [0.29, 0.717) is 36.8 Å². The maximum atomic E-state index is 9.83. The summed E-state index contributed by atoms with van der Waals surface area (Å²) in [5, 5.41) is 42.0. The lowest BCUT2D eigenvalue weighted by Gasteiger charge is -2.27. The van der Waals surface area contributed by atoms with Crippen molar-refractivity contribution in [3.05, 3.63) is 106 Å². The van der Waals surface area contributed by atoms with Gasteiger partial charge in [-0.05, 0) is 92.1 Å². The molecule has 1 aliphatic rings. The van der Waals surface area contributed by atoms with E-state index < -0.39 is 5.54 Å². The van der Waals surface area contributed by atoms with E-state index >= 15 is 0 Å². The Bertz CT molecular complexity index is 1820. The van der Waals surface area contributed by atoms with Gasteiger partial charge in [-0.1, -0.05) is 30.3 Å². The first-order chi connectivity index (χ1) is 24.6. The highest BCUT2D eigenvalue weighted by atomic mass is 16.5. The predicted molar refractivity (Wildman–Crippen MR) is 197 cm³/mol. The molecule has 3 aromatic carbocycles. The van der Waals surface area contributed by atoms with Crippen LogP contribution in [0.15, 0.2) is 67.0 Å². The zero-order valence-electron chi connectivity index (χ0n) is 30.1. The second kappa shape index (κ2) is 17.6. The lowest BCUT2D eigenvalue weighted by molar-refractivity contribution is 0.103. The normalized spacial score (nSPS) is 14.7. The number of aliphatic hydroxyl groups excluding tert-OH is 3. The molecular weight excluding hydrogens is 644 g/mol. The maximum Gasteiger partial charge on any atom is 0.128 e. The molecule has 0 spiro atoms. The molecule has 5 rings (SSSR count). The van der Waals surface area contributed by atoms with E-state index in [1.807, 2.05) is 31.2 Å². The number of nitrogens with zero attached hydrogens (tertiary/aromatic N) is 3. The number of β-amino-alcohol motifs (C(OH)–C–C–N with tert-alkyl or cyclic N) is 1. The molecular formula is C41H50N4O6. The Labute approximate surface area is 301 Å². The summed E-state index contributed by atoms with van der Waals surface area (Å²) in [5.41, 5.74) is 7.64. The number of benzene rings is 3. The molecule has 1 aromatic heterocycles. The summed E-state index contributed by atoms with van der Waals surface area (Å²) in [5.74, 6) is 2.11. The number of nitrogens with one attached hydrogen (secondary N) is 1. The number of aromatic nitrogens is 1. The summed E-state index contributed by atoms with van der Waals surface area (Å²) in [7, 11) is 0. The highest BCUT2D eigenvalue weighted by Gasteiger charge is 2.23. The highest BCUT2D eigenvalue weighted by molar-refractivity contribution is 5.73. The third-order valence-corrected chi connectivity index (χ3v) is 9.65. The Kier molecular flexibility index (Phi) is 13.0. The van der Waals surface area contributed by atoms with E-state index in [2.05, 4.69) is 59.4 Å². The molecule has 0 bridgehead atoms. The molecule has 0 aliphatic carbocycles. The van der Waals surface area contributed by atoms with Crippen molar-refractivity contribution in [2.45, 2.75) is 71.9 Å². The molecule has 2 heterocycles. The predicted octanol–water partition coefficient (Wildman–Crippen LogP) is 5.37. The average Bonchev–Trinajstić information content (AvgIpc) is 3.56. The van der Waals surface area contributed by atoms with Crippen LogP contribution in [-0.2, 0) is 19.8 Å². The Morgan fingerprint density at radius 1 is 0.941 bits per heavy atom. The van der Waals surface area contributed by atoms with Crippen LogP contribution in [0.3, 0.4) is 0 Å². The van der Waals surface area contributed by atoms with Crippen LogP contribution >= 0.6 is 0 Å². The highest BCUT2D eigenvalue weighted by Crippen LogP contribution is 2.35. The van der Waals surface area contributed by atoms with Crippen LogP contribution in [0, 0.1) is 32.1 Å². The van der Waals surface area contributed by atoms with Crippen molar-refractivity contribution in [1.82, 2.24) is 15.2 Å². The van der Waals surface area contributed by atoms with E-state index in [9.17, 15) is 20.6 Å². The van der Waals surface area contributed by atoms with E-state index in [0.717, 1.165) is 82.7 Å². The first-order valence-electron chi connectivity index (χ1n) is 17.5. The number of pyridine rings is 1. The first-order valence-corrected chi connectivity index (χ1v) is 17.5. The van der Waals surface area contributed by atoms with Gasteiger partial charge in [0.15, 0.2) is 0 Å². The van der Waals surface area contributed by atoms with Crippen LogP contribution in [0.2, 0.25) is 0 Å². The lowest BCUT2D eigenvalue weighted by Crippen LogP contribution is -2.48. The molecule has 10 heteroatoms. The standard InChI is InChI=1S/C41H50N4O6/c1-28-16-35(18-40(38(28)22-44-41(4,26-46)27-47)51-24-32-17-31(19-42)20-43-21-32)50-25-33-8-5-9-36(29(33)2)37-10-6-11-39(30(37)3)49-15-7-13-45-14-12-34(48)23-45/h5-6,8-11,16-18,20-21,34,44,46-48H,7,12-15,22-27H2,1-4H3. The second-order valence-electron chi connectivity index (χ2n) is 13.7. The first kappa shape index (κ1) is 37.7. The second-order valence-corrected chi connectivity index (χ2v) is 13.7. The van der Waals surface area contributed by atoms with Gasteiger partial charge in [-0.2, -0.15) is 5.26 Å². The molecule has 0 amide bonds. The maximum absolute atomic E-state index is 9.83. The monoisotopic (exact) mass is 694 g/mol. The number of aliphatic hydroxyl groups is 3. The third kappa shape index (κ3) is 9.85. The summed E-state index contributed by atoms with van der Waals surface area (Å²) < 4.78 is 18.9. The third-order valence-electron chi connectivity index (χ3n) is 9.65. The van der Waals surface area contributed by atoms with Crippen molar-refractivity contribution < 1.29 is 29.5 Å². The van der Waals surface area contributed by atoms with E-state index in [4.69, 9.17) is 14.2 Å². The molecule has 1 aliphatic heterocycles. The van der Waals surface area contributed by atoms with Gasteiger partial charge in [0.1, 0.15) is 36.5 Å². The smallest absolute Gasteiger partial charge is 0.128 e. The number of hydrogen-bond acceptors (Lipinski definition) is 10. The van der Waals surface area contributed by atoms with Gasteiger partial charge in [-0.3, -0.25) is 4.98 Å². The molecule has 0 saturated carbocycles. The van der Waals surface area contributed by atoms with Crippen molar-refractivity contribution in [3.63, 3.8) is 0 Å². The molecule has 1 saturated heterocycles. The molecule has 270 valence electrons. The summed E-state index contributed by atoms with van der Waals surface area (Å²) in [4.78, 5) is 6.44. The van der Waals surface area contributed by atoms with Gasteiger partial charge in [0.05, 0.1) is 37.0 Å². The Balaban J connectivity index is 1.31. The van der Waals surface area contributed by atoms with Gasteiger partial charge >= 0.3 is 0 Å². The van der Waals surface area contributed by atoms with E-state index in [-0.39, 0.29) is 25.9 Å². The number of hydrogen-bond donors (Lipinski definition) is 4. The van der Waals surface area contributed by atoms with Gasteiger partial charge in [0.2, 0.25) is 0 Å². The van der Waals surface area contributed by atoms with Crippen molar-refractivity contribution in [2.75, 3.05) is 39.5 Å². The minimum Gasteiger partial charge on any atom is -0.493 e. The fourth-order valence-corrected chi connectivity index (χ4v) is 6.28. The largest absolute Gasteiger partial charge is 0.493 e. The molecule has 4 N–H and O–H groups in total. The Hall–Kier alpha value is -4.50. The fourth-order valence-electron chi connectivity index (χ4n) is 6.28. The van der Waals surface area contributed by atoms with Gasteiger partial charge in [0.25, 0.3) is 0 Å². The molecule has 51 heavy (non-hydrogen) atoms. The number of likely N-dealkylation sites (tertiary alicyclic amines) is 1. The van der Waals surface area contributed by atoms with Crippen molar-refractivity contribution in [2.24, 2.45) is 0 Å². The topological polar surface area (TPSA) is 140 Å². The molecule has 0 radical (unpaired) electrons. The average molecular weight is 695 g/mol. The van der Waals surface area contributed by atoms with Crippen LogP contribution in [0.4, 0.5) is 0 Å². The van der Waals surface area contributed by atoms with E-state index in [1.165, 1.54) is 6.20 Å². The van der Waals surface area contributed by atoms with Crippen LogP contribution < -0.4 is 19.5 Å². The minimum atomic E-state index is -0.866. The van der Waals surface area contributed by atoms with Crippen molar-refractivity contribution >= 4 is 0 Å². The number of nitriles is 1. The fraction of sp³-hybridized carbons (Fsp3) is 0.415. The van der Waals surface area contributed by atoms with Gasteiger partial charge in [-0.15, -0.1) is 0 Å². The number of aryl methyl sites for hydroxylation is 1. The number of ether oxygens (including phenoxy) is 3. The summed E-state index contributed by atoms with van der Waals surface area (Å²) in [6.45, 7) is 11.6. The zero-order chi connectivity index (χ0) is 36.4. The molecule has 10 nitrogen and oxygen atoms in total. The van der Waals surface area contributed by atoms with Crippen LogP contribution in [-0.4, -0.2) is 76.3 Å². The van der Waals surface area contributed by atoms with Gasteiger partial charge in [-0.25, -0.2) is 0 Å². The van der Waals surface area contributed by atoms with Gasteiger partial charge in [0, 0.05) is 55.8 Å². The number of rotatable bonds is 17. The molecule has 1 fully saturated rings. The van der Waals surface area contributed by atoms with Crippen molar-refractivity contribution in [1.29, 1.82) is 5.26 Å². The summed E-state index contributed by atoms with van der Waals surface area (Å²) >= 11 is 0. The minimum absolute atomic E-state index is 0.196. The SMILES string of the molecule is Cc1cc(OCc2cccc(-c3cccc(OCCCN4CCC(O)C4)c3C)c2C)cc(OCc2cncc(C#N)c2)c1CNC(C)(CO)CO.